The summed E-state index contributed by atoms with van der Waals surface area (Å²) in [5, 5.41) is 9.86. The van der Waals surface area contributed by atoms with E-state index in [1.165, 1.54) is 6.42 Å². The highest BCUT2D eigenvalue weighted by molar-refractivity contribution is 5.78. The number of hydrogen-bond acceptors (Lipinski definition) is 4. The van der Waals surface area contributed by atoms with E-state index < -0.39 is 0 Å². The van der Waals surface area contributed by atoms with Crippen LogP contribution in [-0.2, 0) is 4.79 Å². The van der Waals surface area contributed by atoms with Crippen LogP contribution in [-0.4, -0.2) is 65.7 Å². The van der Waals surface area contributed by atoms with E-state index in [9.17, 15) is 9.90 Å². The molecule has 3 N–H and O–H groups in total. The topological polar surface area (TPSA) is 69.8 Å². The molecule has 1 amide bonds. The molecule has 0 radical (unpaired) electrons. The van der Waals surface area contributed by atoms with E-state index in [1.807, 2.05) is 19.0 Å². The molecule has 0 aromatic carbocycles. The van der Waals surface area contributed by atoms with E-state index in [0.29, 0.717) is 19.4 Å². The Morgan fingerprint density at radius 1 is 1.35 bits per heavy atom. The second-order valence-electron chi connectivity index (χ2n) is 6.95. The number of nitrogens with two attached hydrogens (primary N) is 1. The molecule has 2 atom stereocenters. The van der Waals surface area contributed by atoms with Gasteiger partial charge in [-0.3, -0.25) is 4.79 Å². The SMILES string of the molecule is CN(C)CC1CC(O)CN1C(=O)CC1(N)CCCCC1. The van der Waals surface area contributed by atoms with Crippen molar-refractivity contribution in [1.29, 1.82) is 0 Å². The Balaban J connectivity index is 1.96. The van der Waals surface area contributed by atoms with Gasteiger partial charge in [0.05, 0.1) is 6.10 Å². The van der Waals surface area contributed by atoms with Crippen LogP contribution in [0, 0.1) is 0 Å². The van der Waals surface area contributed by atoms with Crippen molar-refractivity contribution < 1.29 is 9.90 Å². The van der Waals surface area contributed by atoms with E-state index in [2.05, 4.69) is 4.90 Å². The smallest absolute Gasteiger partial charge is 0.224 e. The molecular weight excluding hydrogens is 254 g/mol. The van der Waals surface area contributed by atoms with Gasteiger partial charge in [0.2, 0.25) is 5.91 Å². The lowest BCUT2D eigenvalue weighted by Crippen LogP contribution is -2.49. The van der Waals surface area contributed by atoms with E-state index in [-0.39, 0.29) is 23.6 Å². The maximum absolute atomic E-state index is 12.6. The molecule has 2 aliphatic rings. The molecule has 1 aliphatic carbocycles. The Labute approximate surface area is 122 Å². The molecule has 2 unspecified atom stereocenters. The van der Waals surface area contributed by atoms with Crippen LogP contribution in [0.2, 0.25) is 0 Å². The third kappa shape index (κ3) is 3.93. The Hall–Kier alpha value is -0.650. The van der Waals surface area contributed by atoms with Crippen molar-refractivity contribution in [2.24, 2.45) is 5.73 Å². The van der Waals surface area contributed by atoms with Crippen molar-refractivity contribution in [2.45, 2.75) is 62.6 Å². The lowest BCUT2D eigenvalue weighted by atomic mass is 9.80. The fraction of sp³-hybridized carbons (Fsp3) is 0.933. The van der Waals surface area contributed by atoms with Crippen LogP contribution >= 0.6 is 0 Å². The molecule has 5 nitrogen and oxygen atoms in total. The predicted octanol–water partition coefficient (Wildman–Crippen LogP) is 0.562. The van der Waals surface area contributed by atoms with Crippen LogP contribution < -0.4 is 5.73 Å². The van der Waals surface area contributed by atoms with E-state index in [0.717, 1.165) is 32.2 Å². The first-order valence-electron chi connectivity index (χ1n) is 7.81. The number of aliphatic hydroxyl groups excluding tert-OH is 1. The fourth-order valence-corrected chi connectivity index (χ4v) is 3.63. The lowest BCUT2D eigenvalue weighted by molar-refractivity contribution is -0.134. The summed E-state index contributed by atoms with van der Waals surface area (Å²) >= 11 is 0. The third-order valence-electron chi connectivity index (χ3n) is 4.64. The third-order valence-corrected chi connectivity index (χ3v) is 4.64. The Bertz CT molecular complexity index is 340. The predicted molar refractivity (Wildman–Crippen MR) is 79.3 cm³/mol. The van der Waals surface area contributed by atoms with Crippen LogP contribution in [0.4, 0.5) is 0 Å². The summed E-state index contributed by atoms with van der Waals surface area (Å²) in [7, 11) is 4.00. The van der Waals surface area contributed by atoms with Gasteiger partial charge in [0.25, 0.3) is 0 Å². The number of likely N-dealkylation sites (N-methyl/N-ethyl adjacent to an activating group) is 1. The Morgan fingerprint density at radius 2 is 2.00 bits per heavy atom. The van der Waals surface area contributed by atoms with Gasteiger partial charge in [0.15, 0.2) is 0 Å². The number of likely N-dealkylation sites (tertiary alicyclic amines) is 1. The number of carbonyl (C=O) groups excluding carboxylic acids is 1. The molecule has 5 heteroatoms. The van der Waals surface area contributed by atoms with Crippen LogP contribution in [0.15, 0.2) is 0 Å². The van der Waals surface area contributed by atoms with Crippen LogP contribution in [0.1, 0.15) is 44.9 Å². The number of carbonyl (C=O) groups is 1. The molecule has 2 fully saturated rings. The van der Waals surface area contributed by atoms with Gasteiger partial charge >= 0.3 is 0 Å². The largest absolute Gasteiger partial charge is 0.391 e. The van der Waals surface area contributed by atoms with Gasteiger partial charge in [-0.1, -0.05) is 19.3 Å². The highest BCUT2D eigenvalue weighted by Gasteiger charge is 2.38. The van der Waals surface area contributed by atoms with Crippen LogP contribution in [0.5, 0.6) is 0 Å². The molecule has 2 rings (SSSR count). The fourth-order valence-electron chi connectivity index (χ4n) is 3.63. The monoisotopic (exact) mass is 283 g/mol. The molecule has 1 heterocycles. The summed E-state index contributed by atoms with van der Waals surface area (Å²) in [5.41, 5.74) is 6.07. The molecule has 1 saturated heterocycles. The molecule has 1 aliphatic heterocycles. The van der Waals surface area contributed by atoms with Crippen molar-refractivity contribution in [3.63, 3.8) is 0 Å². The zero-order valence-electron chi connectivity index (χ0n) is 12.8. The summed E-state index contributed by atoms with van der Waals surface area (Å²) in [6.45, 7) is 1.27. The van der Waals surface area contributed by atoms with Crippen molar-refractivity contribution in [3.05, 3.63) is 0 Å². The summed E-state index contributed by atoms with van der Waals surface area (Å²) in [6.07, 6.45) is 6.13. The second kappa shape index (κ2) is 6.41. The van der Waals surface area contributed by atoms with Crippen molar-refractivity contribution in [3.8, 4) is 0 Å². The van der Waals surface area contributed by atoms with E-state index >= 15 is 0 Å². The van der Waals surface area contributed by atoms with Crippen molar-refractivity contribution in [1.82, 2.24) is 9.80 Å². The minimum atomic E-state index is -0.385. The lowest BCUT2D eigenvalue weighted by Gasteiger charge is -2.35. The maximum atomic E-state index is 12.6. The van der Waals surface area contributed by atoms with Gasteiger partial charge < -0.3 is 20.6 Å². The summed E-state index contributed by atoms with van der Waals surface area (Å²) < 4.78 is 0. The normalized spacial score (nSPS) is 29.9. The first-order valence-corrected chi connectivity index (χ1v) is 7.81. The molecule has 0 aromatic rings. The average molecular weight is 283 g/mol. The number of β-amino-alcohol motifs (C(OH)–C–C–N with tert-alkyl or cyclic N) is 1. The van der Waals surface area contributed by atoms with Crippen LogP contribution in [0.3, 0.4) is 0 Å². The number of rotatable bonds is 4. The number of nitrogens with zero attached hydrogens (tertiary/aromatic N) is 2. The summed E-state index contributed by atoms with van der Waals surface area (Å²) in [6, 6.07) is 0.125. The van der Waals surface area contributed by atoms with Gasteiger partial charge in [-0.05, 0) is 33.4 Å². The van der Waals surface area contributed by atoms with Crippen LogP contribution in [0.25, 0.3) is 0 Å². The second-order valence-corrected chi connectivity index (χ2v) is 6.95. The molecule has 116 valence electrons. The van der Waals surface area contributed by atoms with E-state index in [1.54, 1.807) is 0 Å². The number of aliphatic hydroxyl groups is 1. The van der Waals surface area contributed by atoms with Gasteiger partial charge in [-0.15, -0.1) is 0 Å². The number of hydrogen-bond donors (Lipinski definition) is 2. The maximum Gasteiger partial charge on any atom is 0.224 e. The van der Waals surface area contributed by atoms with Gasteiger partial charge in [0.1, 0.15) is 0 Å². The quantitative estimate of drug-likeness (QED) is 0.791. The number of amides is 1. The highest BCUT2D eigenvalue weighted by Crippen LogP contribution is 2.30. The van der Waals surface area contributed by atoms with Gasteiger partial charge in [-0.25, -0.2) is 0 Å². The minimum absolute atomic E-state index is 0.123. The highest BCUT2D eigenvalue weighted by atomic mass is 16.3. The van der Waals surface area contributed by atoms with Gasteiger partial charge in [0, 0.05) is 31.1 Å². The van der Waals surface area contributed by atoms with Crippen molar-refractivity contribution >= 4 is 5.91 Å². The Kier molecular flexibility index (Phi) is 5.04. The first kappa shape index (κ1) is 15.7. The average Bonchev–Trinajstić information content (AvgIpc) is 2.69. The Morgan fingerprint density at radius 3 is 2.60 bits per heavy atom. The molecule has 1 saturated carbocycles. The molecule has 0 spiro atoms. The summed E-state index contributed by atoms with van der Waals surface area (Å²) in [4.78, 5) is 16.5. The van der Waals surface area contributed by atoms with Gasteiger partial charge in [-0.2, -0.15) is 0 Å². The molecule has 20 heavy (non-hydrogen) atoms. The molecule has 0 bridgehead atoms. The first-order chi connectivity index (χ1) is 9.39. The minimum Gasteiger partial charge on any atom is -0.391 e. The van der Waals surface area contributed by atoms with Crippen molar-refractivity contribution in [2.75, 3.05) is 27.2 Å². The summed E-state index contributed by atoms with van der Waals surface area (Å²) in [5.74, 6) is 0.123. The zero-order valence-corrected chi connectivity index (χ0v) is 12.8. The zero-order chi connectivity index (χ0) is 14.8. The molecular formula is C15H29N3O2. The molecule has 0 aromatic heterocycles. The van der Waals surface area contributed by atoms with E-state index in [4.69, 9.17) is 5.73 Å². The standard InChI is InChI=1S/C15H29N3O2/c1-17(2)10-12-8-13(19)11-18(12)14(20)9-15(16)6-4-3-5-7-15/h12-13,19H,3-11,16H2,1-2H3.